The maximum absolute atomic E-state index is 5.78. The minimum atomic E-state index is 0.264. The molecule has 3 rings (SSSR count). The quantitative estimate of drug-likeness (QED) is 0.797. The number of nitrogens with zero attached hydrogens (tertiary/aromatic N) is 2. The summed E-state index contributed by atoms with van der Waals surface area (Å²) in [7, 11) is 0. The SMILES string of the molecule is Cc1nc(-c2coc3ccccc23)nc(C)c1C(C)CN. The fourth-order valence-corrected chi connectivity index (χ4v) is 2.83. The highest BCUT2D eigenvalue weighted by molar-refractivity contribution is 5.91. The van der Waals surface area contributed by atoms with Crippen molar-refractivity contribution in [1.82, 2.24) is 9.97 Å². The predicted octanol–water partition coefficient (Wildman–Crippen LogP) is 3.57. The van der Waals surface area contributed by atoms with Crippen LogP contribution in [0.5, 0.6) is 0 Å². The summed E-state index contributed by atoms with van der Waals surface area (Å²) < 4.78 is 5.58. The molecule has 0 aliphatic heterocycles. The molecule has 3 aromatic rings. The molecule has 108 valence electrons. The Morgan fingerprint density at radius 1 is 1.14 bits per heavy atom. The van der Waals surface area contributed by atoms with E-state index in [1.807, 2.05) is 38.1 Å². The smallest absolute Gasteiger partial charge is 0.163 e. The van der Waals surface area contributed by atoms with Gasteiger partial charge in [0.05, 0.1) is 5.56 Å². The van der Waals surface area contributed by atoms with Crippen molar-refractivity contribution in [3.63, 3.8) is 0 Å². The Hall–Kier alpha value is -2.20. The van der Waals surface area contributed by atoms with Crippen LogP contribution in [0, 0.1) is 13.8 Å². The van der Waals surface area contributed by atoms with E-state index in [4.69, 9.17) is 10.2 Å². The zero-order valence-corrected chi connectivity index (χ0v) is 12.6. The first kappa shape index (κ1) is 13.8. The average molecular weight is 281 g/mol. The van der Waals surface area contributed by atoms with Crippen LogP contribution in [0.15, 0.2) is 34.9 Å². The van der Waals surface area contributed by atoms with Gasteiger partial charge in [0, 0.05) is 16.8 Å². The van der Waals surface area contributed by atoms with Gasteiger partial charge in [0.2, 0.25) is 0 Å². The Labute approximate surface area is 124 Å². The third-order valence-corrected chi connectivity index (χ3v) is 3.90. The molecule has 0 fully saturated rings. The molecule has 0 aliphatic rings. The van der Waals surface area contributed by atoms with Crippen LogP contribution in [0.2, 0.25) is 0 Å². The monoisotopic (exact) mass is 281 g/mol. The number of aromatic nitrogens is 2. The average Bonchev–Trinajstić information content (AvgIpc) is 2.90. The molecule has 0 spiro atoms. The van der Waals surface area contributed by atoms with Gasteiger partial charge in [-0.25, -0.2) is 9.97 Å². The first-order valence-corrected chi connectivity index (χ1v) is 7.13. The molecule has 0 saturated heterocycles. The number of aryl methyl sites for hydroxylation is 2. The number of hydrogen-bond donors (Lipinski definition) is 1. The number of benzene rings is 1. The molecule has 2 N–H and O–H groups in total. The maximum atomic E-state index is 5.78. The second kappa shape index (κ2) is 5.30. The molecule has 4 heteroatoms. The molecule has 1 atom stereocenters. The van der Waals surface area contributed by atoms with E-state index in [-0.39, 0.29) is 5.92 Å². The van der Waals surface area contributed by atoms with E-state index >= 15 is 0 Å². The Kier molecular flexibility index (Phi) is 3.47. The first-order chi connectivity index (χ1) is 10.1. The summed E-state index contributed by atoms with van der Waals surface area (Å²) in [5, 5.41) is 1.04. The van der Waals surface area contributed by atoms with Gasteiger partial charge < -0.3 is 10.2 Å². The number of nitrogens with two attached hydrogens (primary N) is 1. The molecule has 0 bridgehead atoms. The highest BCUT2D eigenvalue weighted by atomic mass is 16.3. The molecule has 2 aromatic heterocycles. The largest absolute Gasteiger partial charge is 0.464 e. The molecule has 1 aromatic carbocycles. The highest BCUT2D eigenvalue weighted by Crippen LogP contribution is 2.30. The van der Waals surface area contributed by atoms with E-state index < -0.39 is 0 Å². The first-order valence-electron chi connectivity index (χ1n) is 7.13. The van der Waals surface area contributed by atoms with Crippen LogP contribution in [0.1, 0.15) is 29.8 Å². The van der Waals surface area contributed by atoms with Gasteiger partial charge in [0.15, 0.2) is 5.82 Å². The molecule has 0 amide bonds. The summed E-state index contributed by atoms with van der Waals surface area (Å²) in [4.78, 5) is 9.34. The second-order valence-electron chi connectivity index (χ2n) is 5.41. The van der Waals surface area contributed by atoms with E-state index in [1.165, 1.54) is 0 Å². The van der Waals surface area contributed by atoms with Gasteiger partial charge in [0.1, 0.15) is 11.8 Å². The fraction of sp³-hybridized carbons (Fsp3) is 0.294. The van der Waals surface area contributed by atoms with Crippen molar-refractivity contribution in [1.29, 1.82) is 0 Å². The number of rotatable bonds is 3. The van der Waals surface area contributed by atoms with E-state index in [0.29, 0.717) is 12.4 Å². The van der Waals surface area contributed by atoms with Crippen LogP contribution in [0.25, 0.3) is 22.4 Å². The number of fused-ring (bicyclic) bond motifs is 1. The van der Waals surface area contributed by atoms with E-state index in [1.54, 1.807) is 6.26 Å². The maximum Gasteiger partial charge on any atom is 0.163 e. The van der Waals surface area contributed by atoms with Crippen molar-refractivity contribution in [2.75, 3.05) is 6.54 Å². The second-order valence-corrected chi connectivity index (χ2v) is 5.41. The Morgan fingerprint density at radius 3 is 2.48 bits per heavy atom. The lowest BCUT2D eigenvalue weighted by Crippen LogP contribution is -2.14. The van der Waals surface area contributed by atoms with Gasteiger partial charge in [-0.05, 0) is 37.9 Å². The summed E-state index contributed by atoms with van der Waals surface area (Å²) in [6.07, 6.45) is 1.73. The van der Waals surface area contributed by atoms with Crippen LogP contribution in [-0.2, 0) is 0 Å². The van der Waals surface area contributed by atoms with Crippen molar-refractivity contribution in [2.45, 2.75) is 26.7 Å². The van der Waals surface area contributed by atoms with Crippen LogP contribution in [-0.4, -0.2) is 16.5 Å². The van der Waals surface area contributed by atoms with Crippen molar-refractivity contribution in [3.05, 3.63) is 47.5 Å². The normalized spacial score (nSPS) is 12.8. The van der Waals surface area contributed by atoms with Gasteiger partial charge in [-0.3, -0.25) is 0 Å². The van der Waals surface area contributed by atoms with E-state index in [2.05, 4.69) is 16.9 Å². The van der Waals surface area contributed by atoms with Crippen LogP contribution < -0.4 is 5.73 Å². The molecule has 4 nitrogen and oxygen atoms in total. The zero-order chi connectivity index (χ0) is 15.0. The molecule has 1 unspecified atom stereocenters. The molecular weight excluding hydrogens is 262 g/mol. The lowest BCUT2D eigenvalue weighted by Gasteiger charge is -2.15. The minimum Gasteiger partial charge on any atom is -0.464 e. The predicted molar refractivity (Wildman–Crippen MR) is 84.2 cm³/mol. The van der Waals surface area contributed by atoms with Crippen LogP contribution >= 0.6 is 0 Å². The van der Waals surface area contributed by atoms with Crippen molar-refractivity contribution >= 4 is 11.0 Å². The summed E-state index contributed by atoms with van der Waals surface area (Å²) in [6.45, 7) is 6.73. The van der Waals surface area contributed by atoms with Gasteiger partial charge in [-0.1, -0.05) is 25.1 Å². The third-order valence-electron chi connectivity index (χ3n) is 3.90. The van der Waals surface area contributed by atoms with E-state index in [9.17, 15) is 0 Å². The van der Waals surface area contributed by atoms with Crippen molar-refractivity contribution < 1.29 is 4.42 Å². The lowest BCUT2D eigenvalue weighted by molar-refractivity contribution is 0.616. The Morgan fingerprint density at radius 2 is 1.81 bits per heavy atom. The minimum absolute atomic E-state index is 0.264. The number of hydrogen-bond acceptors (Lipinski definition) is 4. The zero-order valence-electron chi connectivity index (χ0n) is 12.6. The third kappa shape index (κ3) is 2.32. The molecule has 0 radical (unpaired) electrons. The molecule has 21 heavy (non-hydrogen) atoms. The number of furan rings is 1. The summed E-state index contributed by atoms with van der Waals surface area (Å²) in [6, 6.07) is 7.92. The van der Waals surface area contributed by atoms with Crippen LogP contribution in [0.3, 0.4) is 0 Å². The van der Waals surface area contributed by atoms with Crippen LogP contribution in [0.4, 0.5) is 0 Å². The lowest BCUT2D eigenvalue weighted by atomic mass is 9.98. The Bertz CT molecular complexity index is 769. The topological polar surface area (TPSA) is 64.9 Å². The Balaban J connectivity index is 2.16. The molecule has 2 heterocycles. The fourth-order valence-electron chi connectivity index (χ4n) is 2.83. The summed E-state index contributed by atoms with van der Waals surface area (Å²) >= 11 is 0. The van der Waals surface area contributed by atoms with E-state index in [0.717, 1.165) is 33.5 Å². The molecule has 0 aliphatic carbocycles. The van der Waals surface area contributed by atoms with Crippen molar-refractivity contribution in [3.8, 4) is 11.4 Å². The van der Waals surface area contributed by atoms with Crippen molar-refractivity contribution in [2.24, 2.45) is 5.73 Å². The highest BCUT2D eigenvalue weighted by Gasteiger charge is 2.17. The van der Waals surface area contributed by atoms with Gasteiger partial charge >= 0.3 is 0 Å². The van der Waals surface area contributed by atoms with Gasteiger partial charge in [-0.15, -0.1) is 0 Å². The summed E-state index contributed by atoms with van der Waals surface area (Å²) in [5.74, 6) is 0.975. The molecular formula is C17H19N3O. The summed E-state index contributed by atoms with van der Waals surface area (Å²) in [5.41, 5.74) is 10.7. The standard InChI is InChI=1S/C17H19N3O/c1-10(8-18)16-11(2)19-17(20-12(16)3)14-9-21-15-7-5-4-6-13(14)15/h4-7,9-10H,8,18H2,1-3H3. The molecule has 0 saturated carbocycles. The van der Waals surface area contributed by atoms with Gasteiger partial charge in [-0.2, -0.15) is 0 Å². The number of para-hydroxylation sites is 1. The van der Waals surface area contributed by atoms with Gasteiger partial charge in [0.25, 0.3) is 0 Å².